The summed E-state index contributed by atoms with van der Waals surface area (Å²) >= 11 is 1.35. The molecular weight excluding hydrogens is 318 g/mol. The van der Waals surface area contributed by atoms with Gasteiger partial charge in [0.05, 0.1) is 5.70 Å². The molecule has 0 saturated carbocycles. The van der Waals surface area contributed by atoms with Gasteiger partial charge in [0.25, 0.3) is 5.91 Å². The second-order valence-corrected chi connectivity index (χ2v) is 6.07. The highest BCUT2D eigenvalue weighted by Crippen LogP contribution is 2.42. The summed E-state index contributed by atoms with van der Waals surface area (Å²) in [6, 6.07) is 21.7. The maximum Gasteiger partial charge on any atom is 0.262 e. The molecule has 4 nitrogen and oxygen atoms in total. The highest BCUT2D eigenvalue weighted by molar-refractivity contribution is 8.06. The van der Waals surface area contributed by atoms with Crippen LogP contribution in [-0.4, -0.2) is 10.8 Å². The summed E-state index contributed by atoms with van der Waals surface area (Å²) in [5.74, 6) is -0.708. The first-order valence-corrected chi connectivity index (χ1v) is 8.26. The van der Waals surface area contributed by atoms with Gasteiger partial charge in [-0.15, -0.1) is 0 Å². The molecule has 2 aromatic rings. The molecule has 3 rings (SSSR count). The lowest BCUT2D eigenvalue weighted by atomic mass is 10.1. The quantitative estimate of drug-likeness (QED) is 0.687. The molecule has 5 heteroatoms. The van der Waals surface area contributed by atoms with E-state index in [1.165, 1.54) is 11.8 Å². The lowest BCUT2D eigenvalue weighted by Gasteiger charge is -2.24. The fraction of sp³-hybridized carbons (Fsp3) is 0.0526. The third kappa shape index (κ3) is 3.19. The number of carbonyl (C=O) groups is 1. The Morgan fingerprint density at radius 1 is 1.08 bits per heavy atom. The van der Waals surface area contributed by atoms with Crippen LogP contribution in [0.2, 0.25) is 0 Å². The SMILES string of the molecule is N#C/C(C(N)=O)=C1\SC=C(c2ccccc2)N1Cc1ccccc1. The van der Waals surface area contributed by atoms with Crippen molar-refractivity contribution in [1.29, 1.82) is 5.26 Å². The third-order valence-electron chi connectivity index (χ3n) is 3.64. The van der Waals surface area contributed by atoms with Gasteiger partial charge < -0.3 is 10.6 Å². The Bertz CT molecular complexity index is 851. The van der Waals surface area contributed by atoms with E-state index >= 15 is 0 Å². The number of hydrogen-bond acceptors (Lipinski definition) is 4. The van der Waals surface area contributed by atoms with Gasteiger partial charge in [0, 0.05) is 12.0 Å². The highest BCUT2D eigenvalue weighted by atomic mass is 32.2. The minimum absolute atomic E-state index is 0.0156. The smallest absolute Gasteiger partial charge is 0.262 e. The molecule has 0 unspecified atom stereocenters. The molecule has 2 aromatic carbocycles. The Balaban J connectivity index is 2.04. The molecule has 0 atom stereocenters. The summed E-state index contributed by atoms with van der Waals surface area (Å²) in [7, 11) is 0. The largest absolute Gasteiger partial charge is 0.365 e. The zero-order valence-electron chi connectivity index (χ0n) is 12.8. The van der Waals surface area contributed by atoms with Crippen LogP contribution in [-0.2, 0) is 11.3 Å². The second kappa shape index (κ2) is 7.07. The van der Waals surface area contributed by atoms with E-state index in [4.69, 9.17) is 5.73 Å². The zero-order valence-corrected chi connectivity index (χ0v) is 13.7. The normalized spacial score (nSPS) is 15.6. The number of nitrogens with zero attached hydrogens (tertiary/aromatic N) is 2. The average molecular weight is 333 g/mol. The Labute approximate surface area is 144 Å². The van der Waals surface area contributed by atoms with Crippen LogP contribution in [0.15, 0.2) is 76.7 Å². The van der Waals surface area contributed by atoms with Gasteiger partial charge in [-0.2, -0.15) is 5.26 Å². The summed E-state index contributed by atoms with van der Waals surface area (Å²) in [6.45, 7) is 0.558. The first-order valence-electron chi connectivity index (χ1n) is 7.38. The van der Waals surface area contributed by atoms with Crippen molar-refractivity contribution in [2.24, 2.45) is 5.73 Å². The molecule has 0 fully saturated rings. The molecule has 0 radical (unpaired) electrons. The molecule has 1 aliphatic rings. The summed E-state index contributed by atoms with van der Waals surface area (Å²) in [5, 5.41) is 11.9. The van der Waals surface area contributed by atoms with Crippen LogP contribution in [0, 0.1) is 11.3 Å². The minimum atomic E-state index is -0.708. The van der Waals surface area contributed by atoms with E-state index < -0.39 is 5.91 Å². The molecule has 0 spiro atoms. The Hall–Kier alpha value is -2.97. The zero-order chi connectivity index (χ0) is 16.9. The molecule has 2 N–H and O–H groups in total. The number of nitrogens with two attached hydrogens (primary N) is 1. The van der Waals surface area contributed by atoms with Crippen molar-refractivity contribution < 1.29 is 4.79 Å². The summed E-state index contributed by atoms with van der Waals surface area (Å²) < 4.78 is 0. The molecule has 1 aliphatic heterocycles. The van der Waals surface area contributed by atoms with Crippen LogP contribution in [0.5, 0.6) is 0 Å². The van der Waals surface area contributed by atoms with E-state index in [1.54, 1.807) is 0 Å². The van der Waals surface area contributed by atoms with Crippen LogP contribution >= 0.6 is 11.8 Å². The van der Waals surface area contributed by atoms with Gasteiger partial charge in [-0.1, -0.05) is 72.4 Å². The molecule has 0 saturated heterocycles. The average Bonchev–Trinajstić information content (AvgIpc) is 3.00. The fourth-order valence-electron chi connectivity index (χ4n) is 2.51. The number of hydrogen-bond donors (Lipinski definition) is 1. The Kier molecular flexibility index (Phi) is 4.69. The van der Waals surface area contributed by atoms with Crippen LogP contribution in [0.3, 0.4) is 0 Å². The molecular formula is C19H15N3OS. The predicted octanol–water partition coefficient (Wildman–Crippen LogP) is 3.45. The van der Waals surface area contributed by atoms with Crippen LogP contribution in [0.4, 0.5) is 0 Å². The van der Waals surface area contributed by atoms with E-state index in [0.29, 0.717) is 11.6 Å². The Morgan fingerprint density at radius 2 is 1.71 bits per heavy atom. The molecule has 0 aromatic heterocycles. The number of nitriles is 1. The van der Waals surface area contributed by atoms with Gasteiger partial charge in [-0.3, -0.25) is 4.79 Å². The topological polar surface area (TPSA) is 70.1 Å². The van der Waals surface area contributed by atoms with Crippen molar-refractivity contribution in [1.82, 2.24) is 4.90 Å². The number of carbonyl (C=O) groups excluding carboxylic acids is 1. The van der Waals surface area contributed by atoms with Gasteiger partial charge in [-0.25, -0.2) is 0 Å². The van der Waals surface area contributed by atoms with Crippen LogP contribution in [0.25, 0.3) is 5.70 Å². The van der Waals surface area contributed by atoms with Crippen LogP contribution < -0.4 is 5.73 Å². The molecule has 1 amide bonds. The lowest BCUT2D eigenvalue weighted by molar-refractivity contribution is -0.114. The molecule has 24 heavy (non-hydrogen) atoms. The van der Waals surface area contributed by atoms with E-state index in [1.807, 2.05) is 77.0 Å². The second-order valence-electron chi connectivity index (χ2n) is 5.21. The summed E-state index contributed by atoms with van der Waals surface area (Å²) in [5.41, 5.74) is 8.43. The van der Waals surface area contributed by atoms with Crippen molar-refractivity contribution >= 4 is 23.4 Å². The van der Waals surface area contributed by atoms with Crippen molar-refractivity contribution in [2.45, 2.75) is 6.54 Å². The van der Waals surface area contributed by atoms with Crippen molar-refractivity contribution in [3.05, 3.63) is 87.8 Å². The summed E-state index contributed by atoms with van der Waals surface area (Å²) in [4.78, 5) is 13.6. The van der Waals surface area contributed by atoms with Crippen molar-refractivity contribution in [3.8, 4) is 6.07 Å². The lowest BCUT2D eigenvalue weighted by Crippen LogP contribution is -2.22. The first-order chi connectivity index (χ1) is 11.7. The number of thioether (sulfide) groups is 1. The van der Waals surface area contributed by atoms with E-state index in [2.05, 4.69) is 0 Å². The molecule has 0 aliphatic carbocycles. The number of amides is 1. The highest BCUT2D eigenvalue weighted by Gasteiger charge is 2.27. The van der Waals surface area contributed by atoms with Crippen molar-refractivity contribution in [2.75, 3.05) is 0 Å². The fourth-order valence-corrected chi connectivity index (χ4v) is 3.55. The number of primary amides is 1. The maximum absolute atomic E-state index is 11.6. The van der Waals surface area contributed by atoms with Gasteiger partial charge in [0.15, 0.2) is 0 Å². The van der Waals surface area contributed by atoms with Gasteiger partial charge in [-0.05, 0) is 11.1 Å². The van der Waals surface area contributed by atoms with Crippen LogP contribution in [0.1, 0.15) is 11.1 Å². The van der Waals surface area contributed by atoms with Crippen molar-refractivity contribution in [3.63, 3.8) is 0 Å². The standard InChI is InChI=1S/C19H15N3OS/c20-11-16(18(21)23)19-22(12-14-7-3-1-4-8-14)17(13-24-19)15-9-5-2-6-10-15/h1-10,13H,12H2,(H2,21,23)/b19-16+. The molecule has 0 bridgehead atoms. The Morgan fingerprint density at radius 3 is 2.29 bits per heavy atom. The monoisotopic (exact) mass is 333 g/mol. The number of benzene rings is 2. The molecule has 118 valence electrons. The number of rotatable bonds is 4. The van der Waals surface area contributed by atoms with E-state index in [-0.39, 0.29) is 5.57 Å². The molecule has 1 heterocycles. The van der Waals surface area contributed by atoms with Gasteiger partial charge in [0.2, 0.25) is 0 Å². The van der Waals surface area contributed by atoms with E-state index in [0.717, 1.165) is 16.8 Å². The van der Waals surface area contributed by atoms with Gasteiger partial charge in [0.1, 0.15) is 16.7 Å². The first kappa shape index (κ1) is 15.9. The van der Waals surface area contributed by atoms with E-state index in [9.17, 15) is 10.1 Å². The minimum Gasteiger partial charge on any atom is -0.365 e. The predicted molar refractivity (Wildman–Crippen MR) is 95.8 cm³/mol. The van der Waals surface area contributed by atoms with Gasteiger partial charge >= 0.3 is 0 Å². The third-order valence-corrected chi connectivity index (χ3v) is 4.63. The summed E-state index contributed by atoms with van der Waals surface area (Å²) in [6.07, 6.45) is 0. The maximum atomic E-state index is 11.6.